The standard InChI is InChI=1S/C10H14BrN3/c1-14(6-7-2-3-7)10-9(12)4-8(11)5-13-10/h4-5,7H,2-3,6,12H2,1H3. The second-order valence-corrected chi connectivity index (χ2v) is 4.81. The van der Waals surface area contributed by atoms with E-state index in [1.807, 2.05) is 13.1 Å². The highest BCUT2D eigenvalue weighted by Crippen LogP contribution is 2.32. The number of pyridine rings is 1. The molecule has 1 fully saturated rings. The Morgan fingerprint density at radius 3 is 2.93 bits per heavy atom. The van der Waals surface area contributed by atoms with Crippen molar-refractivity contribution in [3.8, 4) is 0 Å². The van der Waals surface area contributed by atoms with Gasteiger partial charge >= 0.3 is 0 Å². The molecular weight excluding hydrogens is 242 g/mol. The van der Waals surface area contributed by atoms with Crippen LogP contribution in [0, 0.1) is 5.92 Å². The molecule has 1 heterocycles. The van der Waals surface area contributed by atoms with Crippen molar-refractivity contribution < 1.29 is 0 Å². The zero-order valence-electron chi connectivity index (χ0n) is 8.20. The van der Waals surface area contributed by atoms with Gasteiger partial charge < -0.3 is 10.6 Å². The second kappa shape index (κ2) is 3.77. The molecule has 0 atom stereocenters. The molecule has 3 nitrogen and oxygen atoms in total. The summed E-state index contributed by atoms with van der Waals surface area (Å²) in [4.78, 5) is 6.45. The molecule has 76 valence electrons. The van der Waals surface area contributed by atoms with Crippen LogP contribution in [-0.2, 0) is 0 Å². The zero-order chi connectivity index (χ0) is 10.1. The van der Waals surface area contributed by atoms with Gasteiger partial charge in [0.15, 0.2) is 5.82 Å². The van der Waals surface area contributed by atoms with Crippen LogP contribution in [0.2, 0.25) is 0 Å². The highest BCUT2D eigenvalue weighted by Gasteiger charge is 2.23. The third-order valence-electron chi connectivity index (χ3n) is 2.45. The Kier molecular flexibility index (Phi) is 2.63. The van der Waals surface area contributed by atoms with E-state index in [1.54, 1.807) is 6.20 Å². The Labute approximate surface area is 92.4 Å². The predicted octanol–water partition coefficient (Wildman–Crippen LogP) is 2.27. The average molecular weight is 256 g/mol. The molecule has 0 spiro atoms. The number of aromatic nitrogens is 1. The maximum atomic E-state index is 5.88. The summed E-state index contributed by atoms with van der Waals surface area (Å²) in [5, 5.41) is 0. The molecule has 2 rings (SSSR count). The van der Waals surface area contributed by atoms with Crippen LogP contribution in [0.5, 0.6) is 0 Å². The summed E-state index contributed by atoms with van der Waals surface area (Å²) in [7, 11) is 2.05. The van der Waals surface area contributed by atoms with Gasteiger partial charge in [0, 0.05) is 24.3 Å². The normalized spacial score (nSPS) is 15.6. The summed E-state index contributed by atoms with van der Waals surface area (Å²) in [6, 6.07) is 1.89. The first-order valence-electron chi connectivity index (χ1n) is 4.79. The third kappa shape index (κ3) is 2.18. The minimum absolute atomic E-state index is 0.738. The van der Waals surface area contributed by atoms with Gasteiger partial charge in [-0.1, -0.05) is 0 Å². The smallest absolute Gasteiger partial charge is 0.151 e. The lowest BCUT2D eigenvalue weighted by molar-refractivity contribution is 0.778. The van der Waals surface area contributed by atoms with Crippen LogP contribution < -0.4 is 10.6 Å². The van der Waals surface area contributed by atoms with Gasteiger partial charge in [-0.05, 0) is 40.8 Å². The molecule has 2 N–H and O–H groups in total. The number of halogens is 1. The van der Waals surface area contributed by atoms with Crippen LogP contribution in [0.1, 0.15) is 12.8 Å². The molecule has 0 bridgehead atoms. The molecule has 1 aromatic heterocycles. The molecule has 1 aliphatic carbocycles. The predicted molar refractivity (Wildman–Crippen MR) is 62.3 cm³/mol. The van der Waals surface area contributed by atoms with Crippen molar-refractivity contribution in [3.05, 3.63) is 16.7 Å². The Morgan fingerprint density at radius 2 is 2.36 bits per heavy atom. The summed E-state index contributed by atoms with van der Waals surface area (Å²) in [5.41, 5.74) is 6.62. The van der Waals surface area contributed by atoms with Crippen LogP contribution in [0.15, 0.2) is 16.7 Å². The molecule has 0 aromatic carbocycles. The fourth-order valence-corrected chi connectivity index (χ4v) is 1.89. The van der Waals surface area contributed by atoms with Gasteiger partial charge in [0.1, 0.15) is 0 Å². The Morgan fingerprint density at radius 1 is 1.64 bits per heavy atom. The van der Waals surface area contributed by atoms with Crippen LogP contribution >= 0.6 is 15.9 Å². The van der Waals surface area contributed by atoms with Crippen molar-refractivity contribution in [2.24, 2.45) is 5.92 Å². The highest BCUT2D eigenvalue weighted by molar-refractivity contribution is 9.10. The molecule has 0 amide bonds. The first kappa shape index (κ1) is 9.77. The van der Waals surface area contributed by atoms with E-state index in [0.717, 1.165) is 28.4 Å². The van der Waals surface area contributed by atoms with E-state index in [9.17, 15) is 0 Å². The summed E-state index contributed by atoms with van der Waals surface area (Å²) in [6.07, 6.45) is 4.48. The van der Waals surface area contributed by atoms with E-state index in [0.29, 0.717) is 0 Å². The van der Waals surface area contributed by atoms with E-state index in [4.69, 9.17) is 5.73 Å². The van der Waals surface area contributed by atoms with Gasteiger partial charge in [-0.3, -0.25) is 0 Å². The molecule has 1 aliphatic rings. The lowest BCUT2D eigenvalue weighted by Crippen LogP contribution is -2.22. The number of rotatable bonds is 3. The summed E-state index contributed by atoms with van der Waals surface area (Å²) >= 11 is 3.35. The van der Waals surface area contributed by atoms with Crippen LogP contribution in [0.25, 0.3) is 0 Å². The van der Waals surface area contributed by atoms with E-state index >= 15 is 0 Å². The third-order valence-corrected chi connectivity index (χ3v) is 2.89. The van der Waals surface area contributed by atoms with E-state index in [-0.39, 0.29) is 0 Å². The van der Waals surface area contributed by atoms with Gasteiger partial charge in [-0.25, -0.2) is 4.98 Å². The zero-order valence-corrected chi connectivity index (χ0v) is 9.79. The number of anilines is 2. The van der Waals surface area contributed by atoms with Crippen LogP contribution in [-0.4, -0.2) is 18.6 Å². The molecule has 1 saturated carbocycles. The quantitative estimate of drug-likeness (QED) is 0.902. The minimum atomic E-state index is 0.738. The number of nitrogens with two attached hydrogens (primary N) is 1. The summed E-state index contributed by atoms with van der Waals surface area (Å²) < 4.78 is 0.929. The molecule has 4 heteroatoms. The van der Waals surface area contributed by atoms with Gasteiger partial charge in [0.2, 0.25) is 0 Å². The van der Waals surface area contributed by atoms with Crippen molar-refractivity contribution in [2.75, 3.05) is 24.2 Å². The van der Waals surface area contributed by atoms with Crippen molar-refractivity contribution in [3.63, 3.8) is 0 Å². The number of hydrogen-bond acceptors (Lipinski definition) is 3. The Hall–Kier alpha value is -0.770. The molecular formula is C10H14BrN3. The van der Waals surface area contributed by atoms with Crippen molar-refractivity contribution >= 4 is 27.4 Å². The monoisotopic (exact) mass is 255 g/mol. The van der Waals surface area contributed by atoms with Gasteiger partial charge in [0.05, 0.1) is 5.69 Å². The fourth-order valence-electron chi connectivity index (χ4n) is 1.54. The number of hydrogen-bond donors (Lipinski definition) is 1. The van der Waals surface area contributed by atoms with Gasteiger partial charge in [-0.15, -0.1) is 0 Å². The molecule has 0 unspecified atom stereocenters. The summed E-state index contributed by atoms with van der Waals surface area (Å²) in [6.45, 7) is 1.07. The first-order chi connectivity index (χ1) is 6.66. The van der Waals surface area contributed by atoms with E-state index in [1.165, 1.54) is 12.8 Å². The van der Waals surface area contributed by atoms with Crippen LogP contribution in [0.4, 0.5) is 11.5 Å². The van der Waals surface area contributed by atoms with Crippen LogP contribution in [0.3, 0.4) is 0 Å². The maximum Gasteiger partial charge on any atom is 0.151 e. The molecule has 0 saturated heterocycles. The van der Waals surface area contributed by atoms with Crippen molar-refractivity contribution in [2.45, 2.75) is 12.8 Å². The highest BCUT2D eigenvalue weighted by atomic mass is 79.9. The lowest BCUT2D eigenvalue weighted by atomic mass is 10.3. The molecule has 0 aliphatic heterocycles. The van der Waals surface area contributed by atoms with Crippen molar-refractivity contribution in [1.29, 1.82) is 0 Å². The first-order valence-corrected chi connectivity index (χ1v) is 5.58. The van der Waals surface area contributed by atoms with Gasteiger partial charge in [0.25, 0.3) is 0 Å². The largest absolute Gasteiger partial charge is 0.396 e. The SMILES string of the molecule is CN(CC1CC1)c1ncc(Br)cc1N. The molecule has 14 heavy (non-hydrogen) atoms. The maximum absolute atomic E-state index is 5.88. The number of nitrogen functional groups attached to an aromatic ring is 1. The topological polar surface area (TPSA) is 42.2 Å². The number of nitrogens with zero attached hydrogens (tertiary/aromatic N) is 2. The Bertz CT molecular complexity index is 336. The van der Waals surface area contributed by atoms with E-state index in [2.05, 4.69) is 25.8 Å². The lowest BCUT2D eigenvalue weighted by Gasteiger charge is -2.19. The minimum Gasteiger partial charge on any atom is -0.396 e. The molecule has 0 radical (unpaired) electrons. The fraction of sp³-hybridized carbons (Fsp3) is 0.500. The van der Waals surface area contributed by atoms with E-state index < -0.39 is 0 Å². The van der Waals surface area contributed by atoms with Crippen molar-refractivity contribution in [1.82, 2.24) is 4.98 Å². The van der Waals surface area contributed by atoms with Gasteiger partial charge in [-0.2, -0.15) is 0 Å². The second-order valence-electron chi connectivity index (χ2n) is 3.89. The Balaban J connectivity index is 2.13. The summed E-state index contributed by atoms with van der Waals surface area (Å²) in [5.74, 6) is 1.74. The molecule has 1 aromatic rings. The average Bonchev–Trinajstić information content (AvgIpc) is 2.87.